The Kier molecular flexibility index (Phi) is 2.19. The predicted molar refractivity (Wildman–Crippen MR) is 42.0 cm³/mol. The smallest absolute Gasteiger partial charge is 0.222 e. The Labute approximate surface area is 69.3 Å². The molecule has 0 aliphatic carbocycles. The van der Waals surface area contributed by atoms with E-state index in [1.165, 1.54) is 0 Å². The van der Waals surface area contributed by atoms with Crippen LogP contribution < -0.4 is 0 Å². The van der Waals surface area contributed by atoms with Crippen LogP contribution in [0.4, 0.5) is 0 Å². The third-order valence-corrected chi connectivity index (χ3v) is 1.51. The number of nitrogens with zero attached hydrogens (tertiary/aromatic N) is 2. The van der Waals surface area contributed by atoms with Crippen LogP contribution in [0.25, 0.3) is 0 Å². The van der Waals surface area contributed by atoms with Crippen LogP contribution in [-0.4, -0.2) is 20.2 Å². The lowest BCUT2D eigenvalue weighted by Crippen LogP contribution is -1.91. The molecule has 1 aromatic heterocycles. The maximum absolute atomic E-state index is 9.11. The highest BCUT2D eigenvalue weighted by molar-refractivity contribution is 7.80. The second-order valence-electron chi connectivity index (χ2n) is 2.00. The van der Waals surface area contributed by atoms with Crippen LogP contribution in [-0.2, 0) is 6.42 Å². The topological polar surface area (TPSA) is 66.2 Å². The van der Waals surface area contributed by atoms with Gasteiger partial charge in [-0.1, -0.05) is 6.92 Å². The first kappa shape index (κ1) is 8.13. The highest BCUT2D eigenvalue weighted by Gasteiger charge is 2.08. The highest BCUT2D eigenvalue weighted by atomic mass is 32.1. The Morgan fingerprint density at radius 2 is 1.73 bits per heavy atom. The summed E-state index contributed by atoms with van der Waals surface area (Å²) in [5.41, 5.74) is 0.350. The van der Waals surface area contributed by atoms with Crippen LogP contribution in [0.5, 0.6) is 11.8 Å². The van der Waals surface area contributed by atoms with Gasteiger partial charge in [-0.2, -0.15) is 9.97 Å². The van der Waals surface area contributed by atoms with Crippen molar-refractivity contribution in [2.75, 3.05) is 0 Å². The fraction of sp³-hybridized carbons (Fsp3) is 0.333. The summed E-state index contributed by atoms with van der Waals surface area (Å²) >= 11 is 3.77. The van der Waals surface area contributed by atoms with Crippen LogP contribution in [0, 0.1) is 0 Å². The fourth-order valence-electron chi connectivity index (χ4n) is 0.766. The molecule has 0 fully saturated rings. The zero-order valence-electron chi connectivity index (χ0n) is 5.94. The molecule has 1 rings (SSSR count). The summed E-state index contributed by atoms with van der Waals surface area (Å²) in [7, 11) is 0. The summed E-state index contributed by atoms with van der Waals surface area (Å²) < 4.78 is 0. The van der Waals surface area contributed by atoms with Gasteiger partial charge in [0.25, 0.3) is 0 Å². The second-order valence-corrected chi connectivity index (χ2v) is 2.40. The molecule has 0 atom stereocenters. The molecular formula is C6H8N2O2S. The van der Waals surface area contributed by atoms with Crippen molar-refractivity contribution in [2.24, 2.45) is 0 Å². The first-order valence-electron chi connectivity index (χ1n) is 3.13. The SMILES string of the molecule is CCc1c(O)nc(S)nc1O. The van der Waals surface area contributed by atoms with Gasteiger partial charge in [-0.05, 0) is 6.42 Å². The number of hydrogen-bond acceptors (Lipinski definition) is 5. The van der Waals surface area contributed by atoms with Gasteiger partial charge in [0.05, 0.1) is 5.56 Å². The summed E-state index contributed by atoms with van der Waals surface area (Å²) in [5, 5.41) is 18.3. The van der Waals surface area contributed by atoms with Crippen molar-refractivity contribution < 1.29 is 10.2 Å². The van der Waals surface area contributed by atoms with Crippen molar-refractivity contribution in [1.29, 1.82) is 0 Å². The number of rotatable bonds is 1. The second kappa shape index (κ2) is 2.96. The van der Waals surface area contributed by atoms with Crippen molar-refractivity contribution in [3.05, 3.63) is 5.56 Å². The van der Waals surface area contributed by atoms with Crippen LogP contribution in [0.2, 0.25) is 0 Å². The first-order valence-corrected chi connectivity index (χ1v) is 3.57. The van der Waals surface area contributed by atoms with Crippen molar-refractivity contribution >= 4 is 12.6 Å². The minimum Gasteiger partial charge on any atom is -0.493 e. The predicted octanol–water partition coefficient (Wildman–Crippen LogP) is 0.739. The first-order chi connectivity index (χ1) is 5.15. The van der Waals surface area contributed by atoms with Crippen LogP contribution >= 0.6 is 12.6 Å². The average molecular weight is 172 g/mol. The van der Waals surface area contributed by atoms with E-state index < -0.39 is 0 Å². The lowest BCUT2D eigenvalue weighted by atomic mass is 10.2. The molecule has 1 heterocycles. The van der Waals surface area contributed by atoms with Crippen LogP contribution in [0.1, 0.15) is 12.5 Å². The number of aromatic hydroxyl groups is 2. The Morgan fingerprint density at radius 1 is 1.27 bits per heavy atom. The molecule has 11 heavy (non-hydrogen) atoms. The molecule has 1 aromatic rings. The molecule has 0 amide bonds. The Hall–Kier alpha value is -0.970. The van der Waals surface area contributed by atoms with E-state index in [-0.39, 0.29) is 16.9 Å². The molecule has 4 nitrogen and oxygen atoms in total. The van der Waals surface area contributed by atoms with E-state index >= 15 is 0 Å². The number of aromatic nitrogens is 2. The van der Waals surface area contributed by atoms with Crippen molar-refractivity contribution in [3.8, 4) is 11.8 Å². The summed E-state index contributed by atoms with van der Waals surface area (Å²) in [6.45, 7) is 1.79. The quantitative estimate of drug-likeness (QED) is 0.432. The van der Waals surface area contributed by atoms with E-state index in [0.29, 0.717) is 12.0 Å². The minimum absolute atomic E-state index is 0.0669. The third kappa shape index (κ3) is 1.54. The Morgan fingerprint density at radius 3 is 2.09 bits per heavy atom. The third-order valence-electron chi connectivity index (χ3n) is 1.31. The molecular weight excluding hydrogens is 164 g/mol. The zero-order valence-corrected chi connectivity index (χ0v) is 6.84. The molecule has 0 aliphatic heterocycles. The van der Waals surface area contributed by atoms with Crippen LogP contribution in [0.15, 0.2) is 5.16 Å². The van der Waals surface area contributed by atoms with Gasteiger partial charge in [0.15, 0.2) is 5.16 Å². The molecule has 0 radical (unpaired) electrons. The van der Waals surface area contributed by atoms with E-state index in [9.17, 15) is 0 Å². The average Bonchev–Trinajstić information content (AvgIpc) is 1.85. The van der Waals surface area contributed by atoms with E-state index in [4.69, 9.17) is 10.2 Å². The van der Waals surface area contributed by atoms with Crippen LogP contribution in [0.3, 0.4) is 0 Å². The molecule has 0 saturated heterocycles. The van der Waals surface area contributed by atoms with E-state index in [0.717, 1.165) is 0 Å². The molecule has 0 aliphatic rings. The minimum atomic E-state index is -0.204. The molecule has 5 heteroatoms. The molecule has 0 saturated carbocycles. The zero-order chi connectivity index (χ0) is 8.43. The van der Waals surface area contributed by atoms with Gasteiger partial charge in [0.2, 0.25) is 11.8 Å². The largest absolute Gasteiger partial charge is 0.493 e. The number of thiol groups is 1. The standard InChI is InChI=1S/C6H8N2O2S/c1-2-3-4(9)7-6(11)8-5(3)10/h2H2,1H3,(H3,7,8,9,10,11). The molecule has 2 N–H and O–H groups in total. The maximum Gasteiger partial charge on any atom is 0.222 e. The molecule has 0 spiro atoms. The van der Waals surface area contributed by atoms with E-state index in [1.54, 1.807) is 6.92 Å². The van der Waals surface area contributed by atoms with E-state index in [1.807, 2.05) is 0 Å². The normalized spacial score (nSPS) is 10.0. The molecule has 0 unspecified atom stereocenters. The Balaban J connectivity index is 3.25. The molecule has 0 aromatic carbocycles. The summed E-state index contributed by atoms with van der Waals surface area (Å²) in [5.74, 6) is -0.407. The summed E-state index contributed by atoms with van der Waals surface area (Å²) in [4.78, 5) is 7.11. The van der Waals surface area contributed by atoms with Gasteiger partial charge >= 0.3 is 0 Å². The number of hydrogen-bond donors (Lipinski definition) is 3. The van der Waals surface area contributed by atoms with E-state index in [2.05, 4.69) is 22.6 Å². The maximum atomic E-state index is 9.11. The van der Waals surface area contributed by atoms with Crippen molar-refractivity contribution in [1.82, 2.24) is 9.97 Å². The van der Waals surface area contributed by atoms with Gasteiger partial charge < -0.3 is 10.2 Å². The van der Waals surface area contributed by atoms with Crippen molar-refractivity contribution in [2.45, 2.75) is 18.5 Å². The van der Waals surface area contributed by atoms with Gasteiger partial charge in [-0.15, -0.1) is 12.6 Å². The van der Waals surface area contributed by atoms with Gasteiger partial charge in [-0.25, -0.2) is 0 Å². The van der Waals surface area contributed by atoms with Gasteiger partial charge in [0.1, 0.15) is 0 Å². The summed E-state index contributed by atoms with van der Waals surface area (Å²) in [6, 6.07) is 0. The Bertz CT molecular complexity index is 254. The monoisotopic (exact) mass is 172 g/mol. The highest BCUT2D eigenvalue weighted by Crippen LogP contribution is 2.23. The fourth-order valence-corrected chi connectivity index (χ4v) is 0.955. The van der Waals surface area contributed by atoms with Crippen molar-refractivity contribution in [3.63, 3.8) is 0 Å². The molecule has 60 valence electrons. The van der Waals surface area contributed by atoms with Gasteiger partial charge in [0, 0.05) is 0 Å². The molecule has 0 bridgehead atoms. The lowest BCUT2D eigenvalue weighted by Gasteiger charge is -2.02. The lowest BCUT2D eigenvalue weighted by molar-refractivity contribution is 0.400. The summed E-state index contributed by atoms with van der Waals surface area (Å²) in [6.07, 6.45) is 0.492. The van der Waals surface area contributed by atoms with Gasteiger partial charge in [-0.3, -0.25) is 0 Å².